The summed E-state index contributed by atoms with van der Waals surface area (Å²) >= 11 is 5.70. The summed E-state index contributed by atoms with van der Waals surface area (Å²) in [6.45, 7) is -1.39. The van der Waals surface area contributed by atoms with Gasteiger partial charge in [0.05, 0.1) is 6.61 Å². The van der Waals surface area contributed by atoms with E-state index in [9.17, 15) is 13.2 Å². The lowest BCUT2D eigenvalue weighted by molar-refractivity contribution is -0.174. The monoisotopic (exact) mass is 267 g/mol. The van der Waals surface area contributed by atoms with Crippen LogP contribution in [0.25, 0.3) is 0 Å². The van der Waals surface area contributed by atoms with Crippen LogP contribution in [0.4, 0.5) is 13.2 Å². The molecular weight excluding hydrogens is 255 g/mol. The molecule has 0 amide bonds. The molecule has 0 aromatic heterocycles. The van der Waals surface area contributed by atoms with Gasteiger partial charge in [-0.05, 0) is 24.1 Å². The first-order chi connectivity index (χ1) is 7.87. The van der Waals surface area contributed by atoms with E-state index in [4.69, 9.17) is 17.3 Å². The topological polar surface area (TPSA) is 35.2 Å². The smallest absolute Gasteiger partial charge is 0.370 e. The van der Waals surface area contributed by atoms with E-state index in [1.807, 2.05) is 0 Å². The lowest BCUT2D eigenvalue weighted by Gasteiger charge is -2.13. The van der Waals surface area contributed by atoms with Gasteiger partial charge in [0.15, 0.2) is 0 Å². The summed E-state index contributed by atoms with van der Waals surface area (Å²) in [7, 11) is 0. The van der Waals surface area contributed by atoms with E-state index in [0.29, 0.717) is 11.4 Å². The number of benzene rings is 1. The minimum Gasteiger partial charge on any atom is -0.370 e. The molecule has 0 fully saturated rings. The van der Waals surface area contributed by atoms with E-state index >= 15 is 0 Å². The maximum Gasteiger partial charge on any atom is 0.411 e. The number of hydrogen-bond donors (Lipinski definition) is 1. The molecule has 6 heteroatoms. The van der Waals surface area contributed by atoms with E-state index in [1.54, 1.807) is 24.3 Å². The molecule has 0 heterocycles. The molecule has 0 saturated carbocycles. The molecule has 0 aliphatic carbocycles. The normalized spacial score (nSPS) is 13.7. The molecule has 0 radical (unpaired) electrons. The maximum atomic E-state index is 11.8. The summed E-state index contributed by atoms with van der Waals surface area (Å²) in [4.78, 5) is 0. The van der Waals surface area contributed by atoms with E-state index in [-0.39, 0.29) is 6.61 Å². The van der Waals surface area contributed by atoms with Crippen LogP contribution in [0.2, 0.25) is 5.02 Å². The van der Waals surface area contributed by atoms with Crippen molar-refractivity contribution in [3.05, 3.63) is 34.9 Å². The summed E-state index contributed by atoms with van der Waals surface area (Å²) in [5, 5.41) is 0.607. The average molecular weight is 268 g/mol. The highest BCUT2D eigenvalue weighted by Gasteiger charge is 2.27. The zero-order chi connectivity index (χ0) is 12.9. The number of rotatable bonds is 5. The van der Waals surface area contributed by atoms with Gasteiger partial charge >= 0.3 is 6.18 Å². The zero-order valence-corrected chi connectivity index (χ0v) is 9.76. The Kier molecular flexibility index (Phi) is 5.24. The molecule has 2 N–H and O–H groups in total. The molecule has 17 heavy (non-hydrogen) atoms. The fourth-order valence-electron chi connectivity index (χ4n) is 1.31. The first-order valence-corrected chi connectivity index (χ1v) is 5.39. The second-order valence-corrected chi connectivity index (χ2v) is 4.16. The van der Waals surface area contributed by atoms with Gasteiger partial charge in [0.25, 0.3) is 0 Å². The molecule has 0 spiro atoms. The van der Waals surface area contributed by atoms with Crippen molar-refractivity contribution in [2.24, 2.45) is 5.73 Å². The van der Waals surface area contributed by atoms with Crippen molar-refractivity contribution in [1.29, 1.82) is 0 Å². The fraction of sp³-hybridized carbons (Fsp3) is 0.455. The Balaban J connectivity index is 2.30. The minimum atomic E-state index is -4.31. The van der Waals surface area contributed by atoms with Crippen LogP contribution in [0, 0.1) is 0 Å². The number of nitrogens with two attached hydrogens (primary N) is 1. The molecule has 2 nitrogen and oxygen atoms in total. The van der Waals surface area contributed by atoms with Gasteiger partial charge in [-0.3, -0.25) is 0 Å². The molecule has 0 saturated heterocycles. The molecule has 0 aliphatic heterocycles. The second kappa shape index (κ2) is 6.23. The van der Waals surface area contributed by atoms with Crippen molar-refractivity contribution in [1.82, 2.24) is 0 Å². The number of alkyl halides is 3. The lowest BCUT2D eigenvalue weighted by atomic mass is 10.1. The van der Waals surface area contributed by atoms with Gasteiger partial charge in [0.2, 0.25) is 0 Å². The SMILES string of the molecule is NC(COCC(F)(F)F)Cc1ccc(Cl)cc1. The summed E-state index contributed by atoms with van der Waals surface area (Å²) in [6, 6.07) is 6.52. The Hall–Kier alpha value is -0.780. The Morgan fingerprint density at radius 3 is 2.35 bits per heavy atom. The van der Waals surface area contributed by atoms with Crippen molar-refractivity contribution in [3.63, 3.8) is 0 Å². The Morgan fingerprint density at radius 2 is 1.82 bits per heavy atom. The van der Waals surface area contributed by atoms with Gasteiger partial charge in [0.1, 0.15) is 6.61 Å². The molecular formula is C11H13ClF3NO. The van der Waals surface area contributed by atoms with E-state index in [1.165, 1.54) is 0 Å². The standard InChI is InChI=1S/C11H13ClF3NO/c12-9-3-1-8(2-4-9)5-10(16)6-17-7-11(13,14)15/h1-4,10H,5-7,16H2. The molecule has 96 valence electrons. The predicted molar refractivity (Wildman–Crippen MR) is 60.0 cm³/mol. The molecule has 1 aromatic carbocycles. The van der Waals surface area contributed by atoms with Crippen LogP contribution in [0.15, 0.2) is 24.3 Å². The highest BCUT2D eigenvalue weighted by molar-refractivity contribution is 6.30. The number of ether oxygens (including phenoxy) is 1. The summed E-state index contributed by atoms with van der Waals surface area (Å²) in [5.41, 5.74) is 6.56. The average Bonchev–Trinajstić information content (AvgIpc) is 2.19. The van der Waals surface area contributed by atoms with Crippen LogP contribution in [0.1, 0.15) is 5.56 Å². The Bertz CT molecular complexity index is 340. The van der Waals surface area contributed by atoms with Gasteiger partial charge in [-0.15, -0.1) is 0 Å². The Morgan fingerprint density at radius 1 is 1.24 bits per heavy atom. The van der Waals surface area contributed by atoms with Crippen LogP contribution >= 0.6 is 11.6 Å². The van der Waals surface area contributed by atoms with Crippen molar-refractivity contribution >= 4 is 11.6 Å². The molecule has 1 unspecified atom stereocenters. The Labute approximate surface area is 103 Å². The summed E-state index contributed by atoms with van der Waals surface area (Å²) in [6.07, 6.45) is -3.85. The fourth-order valence-corrected chi connectivity index (χ4v) is 1.43. The predicted octanol–water partition coefficient (Wildman–Crippen LogP) is 2.79. The first kappa shape index (κ1) is 14.3. The highest BCUT2D eigenvalue weighted by Crippen LogP contribution is 2.15. The molecule has 1 atom stereocenters. The van der Waals surface area contributed by atoms with E-state index < -0.39 is 18.8 Å². The molecule has 1 rings (SSSR count). The maximum absolute atomic E-state index is 11.8. The lowest BCUT2D eigenvalue weighted by Crippen LogP contribution is -2.31. The number of hydrogen-bond acceptors (Lipinski definition) is 2. The minimum absolute atomic E-state index is 0.123. The third kappa shape index (κ3) is 6.51. The van der Waals surface area contributed by atoms with Crippen molar-refractivity contribution < 1.29 is 17.9 Å². The third-order valence-electron chi connectivity index (χ3n) is 2.01. The van der Waals surface area contributed by atoms with E-state index in [0.717, 1.165) is 5.56 Å². The zero-order valence-electron chi connectivity index (χ0n) is 9.01. The quantitative estimate of drug-likeness (QED) is 0.890. The second-order valence-electron chi connectivity index (χ2n) is 3.72. The largest absolute Gasteiger partial charge is 0.411 e. The van der Waals surface area contributed by atoms with Crippen molar-refractivity contribution in [3.8, 4) is 0 Å². The van der Waals surface area contributed by atoms with Gasteiger partial charge in [-0.1, -0.05) is 23.7 Å². The van der Waals surface area contributed by atoms with Crippen molar-refractivity contribution in [2.75, 3.05) is 13.2 Å². The van der Waals surface area contributed by atoms with Gasteiger partial charge in [0, 0.05) is 11.1 Å². The van der Waals surface area contributed by atoms with Crippen LogP contribution in [0.3, 0.4) is 0 Å². The molecule has 0 bridgehead atoms. The van der Waals surface area contributed by atoms with Crippen molar-refractivity contribution in [2.45, 2.75) is 18.6 Å². The van der Waals surface area contributed by atoms with Crippen LogP contribution in [-0.2, 0) is 11.2 Å². The van der Waals surface area contributed by atoms with E-state index in [2.05, 4.69) is 4.74 Å². The van der Waals surface area contributed by atoms with Crippen LogP contribution in [0.5, 0.6) is 0 Å². The van der Waals surface area contributed by atoms with Crippen LogP contribution in [-0.4, -0.2) is 25.4 Å². The summed E-state index contributed by atoms with van der Waals surface area (Å²) < 4.78 is 39.9. The third-order valence-corrected chi connectivity index (χ3v) is 2.26. The van der Waals surface area contributed by atoms with Crippen LogP contribution < -0.4 is 5.73 Å². The molecule has 1 aromatic rings. The number of halogens is 4. The highest BCUT2D eigenvalue weighted by atomic mass is 35.5. The summed E-state index contributed by atoms with van der Waals surface area (Å²) in [5.74, 6) is 0. The van der Waals surface area contributed by atoms with Gasteiger partial charge < -0.3 is 10.5 Å². The van der Waals surface area contributed by atoms with Gasteiger partial charge in [-0.25, -0.2) is 0 Å². The first-order valence-electron chi connectivity index (χ1n) is 5.01. The molecule has 0 aliphatic rings. The van der Waals surface area contributed by atoms with Gasteiger partial charge in [-0.2, -0.15) is 13.2 Å².